The van der Waals surface area contributed by atoms with Crippen LogP contribution in [0, 0.1) is 23.2 Å². The number of fused-ring (bicyclic) bond motifs is 1. The van der Waals surface area contributed by atoms with Crippen molar-refractivity contribution in [2.24, 2.45) is 23.2 Å². The summed E-state index contributed by atoms with van der Waals surface area (Å²) in [4.78, 5) is 2.57. The molecule has 1 nitrogen and oxygen atoms in total. The number of rotatable bonds is 9. The first-order valence-corrected chi connectivity index (χ1v) is 24.3. The minimum atomic E-state index is -0.0488. The Kier molecular flexibility index (Phi) is 8.82. The molecule has 0 radical (unpaired) electrons. The molecule has 0 heterocycles. The number of anilines is 3. The molecule has 13 rings (SSSR count). The maximum atomic E-state index is 2.57. The normalized spacial score (nSPS) is 22.2. The molecule has 0 aliphatic heterocycles. The smallest absolute Gasteiger partial charge is 0.0543 e. The SMILES string of the molecule is CC(C)(C)c1ccc(-c2ccccc2)c(N(c2ccc(-c3ccc(-c4ccccc4)c(-c4ccccc4)c3)cc2)c2ccccc2-c2cccc3cccc(C45CC6CC7CC(C4)C765)c23)c1. The van der Waals surface area contributed by atoms with Gasteiger partial charge in [0.1, 0.15) is 0 Å². The van der Waals surface area contributed by atoms with Crippen molar-refractivity contribution in [1.82, 2.24) is 0 Å². The van der Waals surface area contributed by atoms with Gasteiger partial charge in [0, 0.05) is 22.2 Å². The lowest BCUT2D eigenvalue weighted by Gasteiger charge is -2.91. The fourth-order valence-corrected chi connectivity index (χ4v) is 14.0. The van der Waals surface area contributed by atoms with Gasteiger partial charge < -0.3 is 4.90 Å². The second kappa shape index (κ2) is 14.8. The maximum absolute atomic E-state index is 2.57. The number of hydrogen-bond donors (Lipinski definition) is 0. The van der Waals surface area contributed by atoms with E-state index in [0.29, 0.717) is 10.8 Å². The highest BCUT2D eigenvalue weighted by Gasteiger charge is 2.87. The zero-order valence-electron chi connectivity index (χ0n) is 38.2. The van der Waals surface area contributed by atoms with Gasteiger partial charge in [-0.2, -0.15) is 0 Å². The summed E-state index contributed by atoms with van der Waals surface area (Å²) in [6, 6.07) is 79.6. The van der Waals surface area contributed by atoms with Crippen LogP contribution in [0.2, 0.25) is 0 Å². The molecular formula is C65H55N. The van der Waals surface area contributed by atoms with Gasteiger partial charge >= 0.3 is 0 Å². The summed E-state index contributed by atoms with van der Waals surface area (Å²) in [6.07, 6.45) is 5.68. The van der Waals surface area contributed by atoms with Crippen molar-refractivity contribution in [3.8, 4) is 55.6 Å². The molecule has 4 aliphatic rings. The summed E-state index contributed by atoms with van der Waals surface area (Å²) < 4.78 is 0. The van der Waals surface area contributed by atoms with Crippen LogP contribution in [0.15, 0.2) is 212 Å². The van der Waals surface area contributed by atoms with Gasteiger partial charge in [0.15, 0.2) is 0 Å². The van der Waals surface area contributed by atoms with Crippen molar-refractivity contribution >= 4 is 27.8 Å². The lowest BCUT2D eigenvalue weighted by molar-refractivity contribution is -0.394. The molecule has 0 N–H and O–H groups in total. The molecule has 2 unspecified atom stereocenters. The second-order valence-corrected chi connectivity index (χ2v) is 20.9. The first-order chi connectivity index (χ1) is 32.3. The van der Waals surface area contributed by atoms with Gasteiger partial charge in [0.25, 0.3) is 0 Å². The van der Waals surface area contributed by atoms with Gasteiger partial charge in [-0.3, -0.25) is 0 Å². The molecular weight excluding hydrogens is 795 g/mol. The molecule has 2 atom stereocenters. The summed E-state index contributed by atoms with van der Waals surface area (Å²) in [5.74, 6) is 2.84. The highest BCUT2D eigenvalue weighted by atomic mass is 15.1. The third kappa shape index (κ3) is 5.72. The average molecular weight is 850 g/mol. The van der Waals surface area contributed by atoms with E-state index in [9.17, 15) is 0 Å². The lowest BCUT2D eigenvalue weighted by atomic mass is 9.12. The fraction of sp³-hybridized carbons (Fsp3) is 0.200. The molecule has 0 bridgehead atoms. The topological polar surface area (TPSA) is 3.24 Å². The van der Waals surface area contributed by atoms with E-state index in [1.54, 1.807) is 5.56 Å². The Morgan fingerprint density at radius 2 is 0.970 bits per heavy atom. The molecule has 1 heteroatoms. The van der Waals surface area contributed by atoms with Crippen molar-refractivity contribution in [3.63, 3.8) is 0 Å². The Morgan fingerprint density at radius 3 is 1.61 bits per heavy atom. The highest BCUT2D eigenvalue weighted by molar-refractivity contribution is 6.05. The van der Waals surface area contributed by atoms with Gasteiger partial charge in [0.05, 0.1) is 11.4 Å². The Balaban J connectivity index is 0.999. The molecule has 0 saturated heterocycles. The predicted molar refractivity (Wildman–Crippen MR) is 278 cm³/mol. The van der Waals surface area contributed by atoms with Crippen molar-refractivity contribution in [2.45, 2.75) is 57.3 Å². The minimum Gasteiger partial charge on any atom is -0.309 e. The van der Waals surface area contributed by atoms with E-state index in [4.69, 9.17) is 0 Å². The van der Waals surface area contributed by atoms with Crippen molar-refractivity contribution in [1.29, 1.82) is 0 Å². The fourth-order valence-electron chi connectivity index (χ4n) is 14.0. The maximum Gasteiger partial charge on any atom is 0.0543 e. The van der Waals surface area contributed by atoms with E-state index in [2.05, 4.69) is 238 Å². The number of para-hydroxylation sites is 1. The minimum absolute atomic E-state index is 0.0488. The summed E-state index contributed by atoms with van der Waals surface area (Å²) in [6.45, 7) is 6.99. The molecule has 0 amide bonds. The van der Waals surface area contributed by atoms with Crippen LogP contribution in [0.25, 0.3) is 66.4 Å². The van der Waals surface area contributed by atoms with Crippen LogP contribution < -0.4 is 4.90 Å². The predicted octanol–water partition coefficient (Wildman–Crippen LogP) is 17.6. The summed E-state index contributed by atoms with van der Waals surface area (Å²) in [7, 11) is 0. The molecule has 1 spiro atoms. The van der Waals surface area contributed by atoms with Crippen LogP contribution in [-0.2, 0) is 10.8 Å². The standard InChI is InChI=1S/C65H55N/c1-63(2,3)49-32-36-55(45-19-9-5-10-20-45)61(40-49)66(53-33-29-43(30-34-53)48-31-35-54(44-17-7-4-8-18-44)58(37-48)46-21-11-6-12-22-46)60-28-14-13-25-56(60)57-26-15-23-47-24-16-27-59(62(47)57)64-41-51-38-50-39-52(42-64)65(50,51)64/h4-37,40,50-52H,38-39,41-42H2,1-3H3. The summed E-state index contributed by atoms with van der Waals surface area (Å²) in [5, 5.41) is 2.82. The van der Waals surface area contributed by atoms with Crippen molar-refractivity contribution in [2.75, 3.05) is 4.90 Å². The molecule has 66 heavy (non-hydrogen) atoms. The Bertz CT molecular complexity index is 3270. The van der Waals surface area contributed by atoms with Crippen LogP contribution in [0.5, 0.6) is 0 Å². The van der Waals surface area contributed by atoms with E-state index in [1.807, 2.05) is 0 Å². The highest BCUT2D eigenvalue weighted by Crippen LogP contribution is 2.93. The molecule has 4 aliphatic carbocycles. The van der Waals surface area contributed by atoms with E-state index < -0.39 is 0 Å². The molecule has 4 fully saturated rings. The van der Waals surface area contributed by atoms with E-state index >= 15 is 0 Å². The van der Waals surface area contributed by atoms with Gasteiger partial charge in [-0.15, -0.1) is 0 Å². The van der Waals surface area contributed by atoms with Crippen LogP contribution in [0.4, 0.5) is 17.1 Å². The largest absolute Gasteiger partial charge is 0.309 e. The number of nitrogens with zero attached hydrogens (tertiary/aromatic N) is 1. The molecule has 320 valence electrons. The van der Waals surface area contributed by atoms with Gasteiger partial charge in [-0.1, -0.05) is 203 Å². The van der Waals surface area contributed by atoms with Crippen molar-refractivity contribution in [3.05, 3.63) is 223 Å². The number of benzene rings is 9. The third-order valence-corrected chi connectivity index (χ3v) is 16.9. The first kappa shape index (κ1) is 39.4. The third-order valence-electron chi connectivity index (χ3n) is 16.9. The van der Waals surface area contributed by atoms with Crippen LogP contribution in [-0.4, -0.2) is 0 Å². The molecule has 9 aromatic carbocycles. The number of hydrogen-bond acceptors (Lipinski definition) is 1. The summed E-state index contributed by atoms with van der Waals surface area (Å²) >= 11 is 0. The van der Waals surface area contributed by atoms with E-state index in [1.165, 1.54) is 109 Å². The van der Waals surface area contributed by atoms with Gasteiger partial charge in [-0.05, 0) is 151 Å². The zero-order valence-corrected chi connectivity index (χ0v) is 38.2. The van der Waals surface area contributed by atoms with E-state index in [-0.39, 0.29) is 5.41 Å². The second-order valence-electron chi connectivity index (χ2n) is 20.9. The van der Waals surface area contributed by atoms with E-state index in [0.717, 1.165) is 23.4 Å². The quantitative estimate of drug-likeness (QED) is 0.140. The van der Waals surface area contributed by atoms with Crippen molar-refractivity contribution < 1.29 is 0 Å². The van der Waals surface area contributed by atoms with Crippen LogP contribution in [0.1, 0.15) is 57.6 Å². The van der Waals surface area contributed by atoms with Crippen LogP contribution in [0.3, 0.4) is 0 Å². The lowest BCUT2D eigenvalue weighted by Crippen LogP contribution is -2.87. The Hall–Kier alpha value is -6.96. The average Bonchev–Trinajstić information content (AvgIpc) is 3.34. The van der Waals surface area contributed by atoms with Crippen LogP contribution >= 0.6 is 0 Å². The molecule has 9 aromatic rings. The zero-order chi connectivity index (χ0) is 44.2. The van der Waals surface area contributed by atoms with Gasteiger partial charge in [-0.25, -0.2) is 0 Å². The van der Waals surface area contributed by atoms with Gasteiger partial charge in [0.2, 0.25) is 0 Å². The monoisotopic (exact) mass is 849 g/mol. The summed E-state index contributed by atoms with van der Waals surface area (Å²) in [5.41, 5.74) is 19.6. The molecule has 4 saturated carbocycles. The molecule has 0 aromatic heterocycles. The first-order valence-electron chi connectivity index (χ1n) is 24.3. The Labute approximate surface area is 390 Å². The Morgan fingerprint density at radius 1 is 0.409 bits per heavy atom.